The molecule has 0 fully saturated rings. The predicted molar refractivity (Wildman–Crippen MR) is 109 cm³/mol. The van der Waals surface area contributed by atoms with Gasteiger partial charge < -0.3 is 4.90 Å². The second-order valence-electron chi connectivity index (χ2n) is 7.02. The summed E-state index contributed by atoms with van der Waals surface area (Å²) in [7, 11) is 0.232. The molecular weight excluding hydrogens is 358 g/mol. The number of nitrogens with one attached hydrogen (secondary N) is 1. The Kier molecular flexibility index (Phi) is 5.60. The van der Waals surface area contributed by atoms with Crippen LogP contribution in [0.2, 0.25) is 0 Å². The first kappa shape index (κ1) is 19.5. The number of fused-ring (bicyclic) bond motifs is 1. The number of hydrogen-bond donors (Lipinski definition) is 1. The van der Waals surface area contributed by atoms with Gasteiger partial charge in [-0.1, -0.05) is 35.9 Å². The van der Waals surface area contributed by atoms with E-state index in [-0.39, 0.29) is 17.5 Å². The van der Waals surface area contributed by atoms with Crippen molar-refractivity contribution in [2.24, 2.45) is 0 Å². The highest BCUT2D eigenvalue weighted by Gasteiger charge is 2.22. The van der Waals surface area contributed by atoms with Crippen molar-refractivity contribution in [2.45, 2.75) is 24.8 Å². The molecule has 3 aromatic rings. The summed E-state index contributed by atoms with van der Waals surface area (Å²) in [5.74, 6) is 0. The summed E-state index contributed by atoms with van der Waals surface area (Å²) in [6.45, 7) is 4.25. The molecule has 1 N–H and O–H groups in total. The molecule has 2 aromatic carbocycles. The minimum Gasteiger partial charge on any atom is -0.301 e. The first-order valence-corrected chi connectivity index (χ1v) is 10.3. The Morgan fingerprint density at radius 3 is 2.41 bits per heavy atom. The van der Waals surface area contributed by atoms with Crippen LogP contribution in [0.4, 0.5) is 0 Å². The van der Waals surface area contributed by atoms with Crippen LogP contribution in [0, 0.1) is 13.8 Å². The average Bonchev–Trinajstić information content (AvgIpc) is 2.63. The SMILES string of the molecule is Cc1ccc(C(CNS(=O)(=O)c2ccc(C)c3ncccc23)N(C)C)cc1. The first-order chi connectivity index (χ1) is 12.8. The van der Waals surface area contributed by atoms with E-state index in [0.29, 0.717) is 10.9 Å². The minimum atomic E-state index is -3.67. The van der Waals surface area contributed by atoms with Crippen molar-refractivity contribution in [3.8, 4) is 0 Å². The second-order valence-corrected chi connectivity index (χ2v) is 8.76. The number of pyridine rings is 1. The van der Waals surface area contributed by atoms with Crippen LogP contribution >= 0.6 is 0 Å². The molecule has 3 rings (SSSR count). The summed E-state index contributed by atoms with van der Waals surface area (Å²) in [5.41, 5.74) is 3.91. The molecular formula is C21H25N3O2S. The van der Waals surface area contributed by atoms with Gasteiger partial charge >= 0.3 is 0 Å². The zero-order valence-corrected chi connectivity index (χ0v) is 16.9. The van der Waals surface area contributed by atoms with Gasteiger partial charge in [-0.25, -0.2) is 13.1 Å². The Morgan fingerprint density at radius 1 is 1.04 bits per heavy atom. The van der Waals surface area contributed by atoms with Gasteiger partial charge in [-0.05, 0) is 57.3 Å². The molecule has 142 valence electrons. The molecule has 1 atom stereocenters. The van der Waals surface area contributed by atoms with Gasteiger partial charge in [0, 0.05) is 24.2 Å². The molecule has 0 bridgehead atoms. The van der Waals surface area contributed by atoms with E-state index in [2.05, 4.69) is 9.71 Å². The number of rotatable bonds is 6. The summed E-state index contributed by atoms with van der Waals surface area (Å²) in [6.07, 6.45) is 1.68. The number of likely N-dealkylation sites (N-methyl/N-ethyl adjacent to an activating group) is 1. The van der Waals surface area contributed by atoms with Crippen LogP contribution < -0.4 is 4.72 Å². The second kappa shape index (κ2) is 7.76. The van der Waals surface area contributed by atoms with E-state index in [0.717, 1.165) is 11.1 Å². The van der Waals surface area contributed by atoms with Gasteiger partial charge in [0.15, 0.2) is 0 Å². The summed E-state index contributed by atoms with van der Waals surface area (Å²) in [5, 5.41) is 0.640. The maximum absolute atomic E-state index is 13.0. The van der Waals surface area contributed by atoms with Crippen molar-refractivity contribution in [1.29, 1.82) is 0 Å². The van der Waals surface area contributed by atoms with E-state index in [1.165, 1.54) is 5.56 Å². The lowest BCUT2D eigenvalue weighted by molar-refractivity contribution is 0.299. The molecule has 0 saturated carbocycles. The number of aromatic nitrogens is 1. The van der Waals surface area contributed by atoms with Crippen molar-refractivity contribution in [2.75, 3.05) is 20.6 Å². The summed E-state index contributed by atoms with van der Waals surface area (Å²) in [4.78, 5) is 6.61. The number of benzene rings is 2. The highest BCUT2D eigenvalue weighted by atomic mass is 32.2. The van der Waals surface area contributed by atoms with Gasteiger partial charge in [0.2, 0.25) is 10.0 Å². The number of aryl methyl sites for hydroxylation is 2. The van der Waals surface area contributed by atoms with Gasteiger partial charge in [0.25, 0.3) is 0 Å². The Labute approximate surface area is 161 Å². The normalized spacial score (nSPS) is 13.2. The molecule has 27 heavy (non-hydrogen) atoms. The first-order valence-electron chi connectivity index (χ1n) is 8.86. The molecule has 0 amide bonds. The van der Waals surface area contributed by atoms with E-state index in [9.17, 15) is 8.42 Å². The zero-order chi connectivity index (χ0) is 19.6. The molecule has 0 aliphatic heterocycles. The average molecular weight is 384 g/mol. The lowest BCUT2D eigenvalue weighted by Gasteiger charge is -2.25. The Morgan fingerprint density at radius 2 is 1.74 bits per heavy atom. The van der Waals surface area contributed by atoms with Crippen molar-refractivity contribution < 1.29 is 8.42 Å². The Hall–Kier alpha value is -2.28. The third-order valence-electron chi connectivity index (χ3n) is 4.77. The summed E-state index contributed by atoms with van der Waals surface area (Å²) >= 11 is 0. The van der Waals surface area contributed by atoms with Crippen LogP contribution in [-0.4, -0.2) is 38.9 Å². The van der Waals surface area contributed by atoms with Gasteiger partial charge in [0.05, 0.1) is 10.4 Å². The standard InChI is InChI=1S/C21H25N3O2S/c1-15-7-10-17(11-8-15)19(24(3)4)14-23-27(25,26)20-12-9-16(2)21-18(20)6-5-13-22-21/h5-13,19,23H,14H2,1-4H3. The number of nitrogens with zero attached hydrogens (tertiary/aromatic N) is 2. The molecule has 0 radical (unpaired) electrons. The fraction of sp³-hybridized carbons (Fsp3) is 0.286. The predicted octanol–water partition coefficient (Wildman–Crippen LogP) is 3.43. The summed E-state index contributed by atoms with van der Waals surface area (Å²) in [6, 6.07) is 15.1. The molecule has 6 heteroatoms. The van der Waals surface area contributed by atoms with E-state index >= 15 is 0 Å². The van der Waals surface area contributed by atoms with Gasteiger partial charge in [-0.3, -0.25) is 4.98 Å². The van der Waals surface area contributed by atoms with Crippen LogP contribution in [0.15, 0.2) is 59.6 Å². The molecule has 0 aliphatic carbocycles. The largest absolute Gasteiger partial charge is 0.301 e. The van der Waals surface area contributed by atoms with Crippen molar-refractivity contribution >= 4 is 20.9 Å². The van der Waals surface area contributed by atoms with Crippen molar-refractivity contribution in [3.05, 3.63) is 71.4 Å². The van der Waals surface area contributed by atoms with Crippen LogP contribution in [0.5, 0.6) is 0 Å². The molecule has 1 unspecified atom stereocenters. The lowest BCUT2D eigenvalue weighted by atomic mass is 10.0. The van der Waals surface area contributed by atoms with E-state index in [4.69, 9.17) is 0 Å². The van der Waals surface area contributed by atoms with Gasteiger partial charge in [-0.15, -0.1) is 0 Å². The number of hydrogen-bond acceptors (Lipinski definition) is 4. The molecule has 1 aromatic heterocycles. The van der Waals surface area contributed by atoms with Gasteiger partial charge in [-0.2, -0.15) is 0 Å². The Bertz CT molecular complexity index is 1040. The monoisotopic (exact) mass is 383 g/mol. The van der Waals surface area contributed by atoms with E-state index in [1.807, 2.05) is 57.1 Å². The molecule has 0 saturated heterocycles. The molecule has 5 nitrogen and oxygen atoms in total. The lowest BCUT2D eigenvalue weighted by Crippen LogP contribution is -2.34. The zero-order valence-electron chi connectivity index (χ0n) is 16.1. The molecule has 1 heterocycles. The molecule has 0 aliphatic rings. The van der Waals surface area contributed by atoms with Crippen molar-refractivity contribution in [1.82, 2.24) is 14.6 Å². The summed E-state index contributed by atoms with van der Waals surface area (Å²) < 4.78 is 28.8. The third kappa shape index (κ3) is 4.18. The maximum Gasteiger partial charge on any atom is 0.241 e. The smallest absolute Gasteiger partial charge is 0.241 e. The van der Waals surface area contributed by atoms with Gasteiger partial charge in [0.1, 0.15) is 0 Å². The van der Waals surface area contributed by atoms with E-state index < -0.39 is 10.0 Å². The third-order valence-corrected chi connectivity index (χ3v) is 6.25. The van der Waals surface area contributed by atoms with Crippen LogP contribution in [0.1, 0.15) is 22.7 Å². The highest BCUT2D eigenvalue weighted by Crippen LogP contribution is 2.25. The number of sulfonamides is 1. The van der Waals surface area contributed by atoms with Crippen LogP contribution in [0.25, 0.3) is 10.9 Å². The maximum atomic E-state index is 13.0. The van der Waals surface area contributed by atoms with Crippen LogP contribution in [0.3, 0.4) is 0 Å². The minimum absolute atomic E-state index is 0.0600. The fourth-order valence-corrected chi connectivity index (χ4v) is 4.41. The molecule has 0 spiro atoms. The van der Waals surface area contributed by atoms with Crippen molar-refractivity contribution in [3.63, 3.8) is 0 Å². The highest BCUT2D eigenvalue weighted by molar-refractivity contribution is 7.89. The van der Waals surface area contributed by atoms with Crippen LogP contribution in [-0.2, 0) is 10.0 Å². The topological polar surface area (TPSA) is 62.3 Å². The fourth-order valence-electron chi connectivity index (χ4n) is 3.18. The van der Waals surface area contributed by atoms with E-state index in [1.54, 1.807) is 30.5 Å². The quantitative estimate of drug-likeness (QED) is 0.708. The Balaban J connectivity index is 1.90.